The fourth-order valence-corrected chi connectivity index (χ4v) is 1.92. The van der Waals surface area contributed by atoms with Crippen LogP contribution in [-0.2, 0) is 25.7 Å². The maximum atomic E-state index is 12.3. The summed E-state index contributed by atoms with van der Waals surface area (Å²) in [5.74, 6) is -2.59. The van der Waals surface area contributed by atoms with Gasteiger partial charge in [0.15, 0.2) is 6.17 Å². The van der Waals surface area contributed by atoms with Crippen LogP contribution in [0.3, 0.4) is 0 Å². The van der Waals surface area contributed by atoms with Gasteiger partial charge in [0.05, 0.1) is 6.61 Å². The second kappa shape index (κ2) is 10.9. The van der Waals surface area contributed by atoms with Crippen LogP contribution in [0.15, 0.2) is 30.3 Å². The van der Waals surface area contributed by atoms with Crippen LogP contribution >= 0.6 is 0 Å². The molecule has 0 spiro atoms. The summed E-state index contributed by atoms with van der Waals surface area (Å²) in [5, 5.41) is 24.2. The largest absolute Gasteiger partial charge is 0.480 e. The van der Waals surface area contributed by atoms with Crippen LogP contribution in [0.2, 0.25) is 0 Å². The second-order valence-electron chi connectivity index (χ2n) is 6.87. The van der Waals surface area contributed by atoms with Crippen LogP contribution in [0.5, 0.6) is 0 Å². The van der Waals surface area contributed by atoms with Gasteiger partial charge in [-0.25, -0.2) is 14.4 Å². The van der Waals surface area contributed by atoms with Gasteiger partial charge in [-0.2, -0.15) is 0 Å². The number of rotatable bonds is 8. The number of aliphatic hydroxyl groups is 1. The molecule has 1 rings (SSSR count). The highest BCUT2D eigenvalue weighted by molar-refractivity contribution is 5.91. The molecule has 5 N–H and O–H groups in total. The number of hydrogen-bond acceptors (Lipinski definition) is 7. The molecule has 0 aromatic heterocycles. The molecule has 3 amide bonds. The number of nitrogens with one attached hydrogen (secondary N) is 3. The van der Waals surface area contributed by atoms with Crippen LogP contribution in [0, 0.1) is 0 Å². The molecule has 1 aromatic rings. The number of carboxylic acid groups (broad SMARTS) is 1. The molecule has 160 valence electrons. The van der Waals surface area contributed by atoms with Gasteiger partial charge >= 0.3 is 18.2 Å². The number of amides is 3. The Hall–Kier alpha value is -3.34. The van der Waals surface area contributed by atoms with Crippen LogP contribution in [0.25, 0.3) is 0 Å². The third-order valence-corrected chi connectivity index (χ3v) is 3.20. The Morgan fingerprint density at radius 1 is 1.00 bits per heavy atom. The first-order valence-electron chi connectivity index (χ1n) is 8.62. The van der Waals surface area contributed by atoms with Crippen molar-refractivity contribution in [2.75, 3.05) is 6.61 Å². The summed E-state index contributed by atoms with van der Waals surface area (Å²) in [5.41, 5.74) is -0.192. The maximum Gasteiger partial charge on any atom is 0.409 e. The Morgan fingerprint density at radius 2 is 1.59 bits per heavy atom. The molecule has 0 fully saturated rings. The van der Waals surface area contributed by atoms with E-state index in [1.807, 2.05) is 5.32 Å². The SMILES string of the molecule is CC(C)(C)OC(=O)NC(NC(=O)OCc1ccccc1)C(=O)N[C@@H](CO)C(=O)O. The minimum absolute atomic E-state index is 0.0954. The number of carbonyl (C=O) groups is 4. The molecule has 1 unspecified atom stereocenters. The molecule has 0 saturated heterocycles. The first-order chi connectivity index (χ1) is 13.5. The van der Waals surface area contributed by atoms with Crippen molar-refractivity contribution in [1.82, 2.24) is 16.0 Å². The molecule has 0 bridgehead atoms. The molecule has 29 heavy (non-hydrogen) atoms. The molecule has 0 heterocycles. The quantitative estimate of drug-likeness (QED) is 0.382. The predicted molar refractivity (Wildman–Crippen MR) is 99.6 cm³/mol. The summed E-state index contributed by atoms with van der Waals surface area (Å²) in [6, 6.07) is 7.09. The summed E-state index contributed by atoms with van der Waals surface area (Å²) in [6.07, 6.45) is -3.78. The number of ether oxygens (including phenoxy) is 2. The third-order valence-electron chi connectivity index (χ3n) is 3.20. The van der Waals surface area contributed by atoms with Crippen LogP contribution in [0.1, 0.15) is 26.3 Å². The maximum absolute atomic E-state index is 12.3. The molecule has 11 nitrogen and oxygen atoms in total. The van der Waals surface area contributed by atoms with Crippen molar-refractivity contribution in [3.63, 3.8) is 0 Å². The minimum Gasteiger partial charge on any atom is -0.480 e. The van der Waals surface area contributed by atoms with Gasteiger partial charge < -0.3 is 25.0 Å². The first-order valence-corrected chi connectivity index (χ1v) is 8.62. The molecular weight excluding hydrogens is 386 g/mol. The molecule has 0 radical (unpaired) electrons. The van der Waals surface area contributed by atoms with Crippen LogP contribution < -0.4 is 16.0 Å². The topological polar surface area (TPSA) is 163 Å². The lowest BCUT2D eigenvalue weighted by Crippen LogP contribution is -2.60. The summed E-state index contributed by atoms with van der Waals surface area (Å²) >= 11 is 0. The van der Waals surface area contributed by atoms with Crippen molar-refractivity contribution in [2.45, 2.75) is 45.2 Å². The molecule has 0 aliphatic carbocycles. The minimum atomic E-state index is -1.71. The van der Waals surface area contributed by atoms with Crippen molar-refractivity contribution in [2.24, 2.45) is 0 Å². The fraction of sp³-hybridized carbons (Fsp3) is 0.444. The van der Waals surface area contributed by atoms with Crippen molar-refractivity contribution in [3.8, 4) is 0 Å². The highest BCUT2D eigenvalue weighted by atomic mass is 16.6. The highest BCUT2D eigenvalue weighted by Crippen LogP contribution is 2.07. The fourth-order valence-electron chi connectivity index (χ4n) is 1.92. The molecule has 1 aromatic carbocycles. The summed E-state index contributed by atoms with van der Waals surface area (Å²) in [4.78, 5) is 47.3. The van der Waals surface area contributed by atoms with Gasteiger partial charge in [0.1, 0.15) is 18.2 Å². The van der Waals surface area contributed by atoms with Crippen molar-refractivity contribution in [1.29, 1.82) is 0 Å². The second-order valence-corrected chi connectivity index (χ2v) is 6.87. The molecule has 11 heteroatoms. The number of carbonyl (C=O) groups excluding carboxylic acids is 3. The molecule has 0 aliphatic heterocycles. The normalized spacial score (nSPS) is 12.8. The van der Waals surface area contributed by atoms with Gasteiger partial charge in [-0.05, 0) is 26.3 Å². The van der Waals surface area contributed by atoms with Gasteiger partial charge in [-0.15, -0.1) is 0 Å². The third kappa shape index (κ3) is 9.42. The summed E-state index contributed by atoms with van der Waals surface area (Å²) in [7, 11) is 0. The standard InChI is InChI=1S/C18H25N3O8/c1-18(2,3)29-17(27)21-13(14(23)19-12(9-22)15(24)25)20-16(26)28-10-11-7-5-4-6-8-11/h4-8,12-13,22H,9-10H2,1-3H3,(H,19,23)(H,20,26)(H,21,27)(H,24,25)/t12-,13?/m0/s1. The van der Waals surface area contributed by atoms with E-state index >= 15 is 0 Å². The Bertz CT molecular complexity index is 718. The van der Waals surface area contributed by atoms with Crippen molar-refractivity contribution in [3.05, 3.63) is 35.9 Å². The zero-order valence-corrected chi connectivity index (χ0v) is 16.3. The predicted octanol–water partition coefficient (Wildman–Crippen LogP) is 0.325. The Morgan fingerprint density at radius 3 is 2.10 bits per heavy atom. The lowest BCUT2D eigenvalue weighted by atomic mass is 10.2. The summed E-state index contributed by atoms with van der Waals surface area (Å²) in [6.45, 7) is 3.79. The smallest absolute Gasteiger partial charge is 0.409 e. The number of carboxylic acids is 1. The van der Waals surface area contributed by atoms with E-state index in [-0.39, 0.29) is 6.61 Å². The van der Waals surface area contributed by atoms with E-state index in [0.29, 0.717) is 5.56 Å². The first kappa shape index (κ1) is 23.7. The van der Waals surface area contributed by atoms with Gasteiger partial charge in [0.2, 0.25) is 0 Å². The highest BCUT2D eigenvalue weighted by Gasteiger charge is 2.29. The van der Waals surface area contributed by atoms with Crippen LogP contribution in [0.4, 0.5) is 9.59 Å². The Kier molecular flexibility index (Phi) is 8.87. The number of alkyl carbamates (subject to hydrolysis) is 2. The Balaban J connectivity index is 2.79. The van der Waals surface area contributed by atoms with E-state index in [1.54, 1.807) is 51.1 Å². The average molecular weight is 411 g/mol. The monoisotopic (exact) mass is 411 g/mol. The zero-order chi connectivity index (χ0) is 22.0. The number of hydrogen-bond donors (Lipinski definition) is 5. The van der Waals surface area contributed by atoms with Gasteiger partial charge in [0, 0.05) is 0 Å². The van der Waals surface area contributed by atoms with Gasteiger partial charge in [0.25, 0.3) is 5.91 Å². The van der Waals surface area contributed by atoms with Gasteiger partial charge in [-0.1, -0.05) is 30.3 Å². The van der Waals surface area contributed by atoms with Gasteiger partial charge in [-0.3, -0.25) is 15.4 Å². The van der Waals surface area contributed by atoms with E-state index in [1.165, 1.54) is 0 Å². The van der Waals surface area contributed by atoms with E-state index in [4.69, 9.17) is 19.7 Å². The molecule has 0 saturated carbocycles. The molecule has 2 atom stereocenters. The van der Waals surface area contributed by atoms with E-state index in [0.717, 1.165) is 0 Å². The zero-order valence-electron chi connectivity index (χ0n) is 16.3. The number of benzene rings is 1. The molecule has 0 aliphatic rings. The van der Waals surface area contributed by atoms with E-state index in [9.17, 15) is 19.2 Å². The van der Waals surface area contributed by atoms with Crippen molar-refractivity contribution >= 4 is 24.1 Å². The lowest BCUT2D eigenvalue weighted by Gasteiger charge is -2.24. The van der Waals surface area contributed by atoms with Crippen LogP contribution in [-0.4, -0.2) is 58.7 Å². The number of aliphatic carboxylic acids is 1. The molecular formula is C18H25N3O8. The average Bonchev–Trinajstić information content (AvgIpc) is 2.62. The van der Waals surface area contributed by atoms with E-state index < -0.39 is 48.5 Å². The van der Waals surface area contributed by atoms with E-state index in [2.05, 4.69) is 10.6 Å². The lowest BCUT2D eigenvalue weighted by molar-refractivity contribution is -0.143. The number of aliphatic hydroxyl groups excluding tert-OH is 1. The van der Waals surface area contributed by atoms with Crippen molar-refractivity contribution < 1.29 is 38.9 Å². The summed E-state index contributed by atoms with van der Waals surface area (Å²) < 4.78 is 10.0. The Labute approximate surface area is 167 Å².